The van der Waals surface area contributed by atoms with Crippen molar-refractivity contribution in [1.29, 1.82) is 0 Å². The predicted molar refractivity (Wildman–Crippen MR) is 122 cm³/mol. The highest BCUT2D eigenvalue weighted by Crippen LogP contribution is 2.28. The third-order valence-corrected chi connectivity index (χ3v) is 5.63. The molecule has 162 valence electrons. The molecule has 0 fully saturated rings. The summed E-state index contributed by atoms with van der Waals surface area (Å²) in [6.45, 7) is 0.416. The van der Waals surface area contributed by atoms with E-state index in [4.69, 9.17) is 9.47 Å². The third-order valence-electron chi connectivity index (χ3n) is 4.24. The molecule has 2 N–H and O–H groups in total. The zero-order valence-corrected chi connectivity index (χ0v) is 19.4. The first-order valence-corrected chi connectivity index (χ1v) is 11.0. The summed E-state index contributed by atoms with van der Waals surface area (Å²) < 4.78 is 11.3. The van der Waals surface area contributed by atoms with Crippen molar-refractivity contribution in [2.75, 3.05) is 26.1 Å². The van der Waals surface area contributed by atoms with Gasteiger partial charge in [0.15, 0.2) is 11.5 Å². The Kier molecular flexibility index (Phi) is 7.96. The van der Waals surface area contributed by atoms with Gasteiger partial charge in [-0.3, -0.25) is 9.59 Å². The summed E-state index contributed by atoms with van der Waals surface area (Å²) >= 11 is 4.63. The highest BCUT2D eigenvalue weighted by molar-refractivity contribution is 9.10. The van der Waals surface area contributed by atoms with Crippen LogP contribution in [0.1, 0.15) is 20.9 Å². The molecule has 0 radical (unpaired) electrons. The molecule has 1 heterocycles. The smallest absolute Gasteiger partial charge is 0.251 e. The van der Waals surface area contributed by atoms with Crippen LogP contribution in [0.3, 0.4) is 0 Å². The van der Waals surface area contributed by atoms with Crippen LogP contribution in [-0.2, 0) is 17.6 Å². The minimum Gasteiger partial charge on any atom is -0.493 e. The zero-order chi connectivity index (χ0) is 22.2. The standard InChI is InChI=1S/C21H21BrN4O4S/c1-29-16-7-6-13(10-17(16)30-2)11-18(27)24-21-26-25-19(31-21)8-9-23-20(28)14-4-3-5-15(22)12-14/h3-7,10,12H,8-9,11H2,1-2H3,(H,23,28)(H,24,26,27). The molecule has 31 heavy (non-hydrogen) atoms. The van der Waals surface area contributed by atoms with Gasteiger partial charge in [-0.05, 0) is 35.9 Å². The van der Waals surface area contributed by atoms with Crippen LogP contribution in [0.25, 0.3) is 0 Å². The number of rotatable bonds is 9. The maximum absolute atomic E-state index is 12.3. The number of methoxy groups -OCH3 is 2. The minimum absolute atomic E-state index is 0.158. The van der Waals surface area contributed by atoms with Crippen molar-refractivity contribution in [3.05, 3.63) is 63.1 Å². The lowest BCUT2D eigenvalue weighted by Gasteiger charge is -2.09. The molecule has 3 rings (SSSR count). The van der Waals surface area contributed by atoms with Gasteiger partial charge < -0.3 is 20.1 Å². The van der Waals surface area contributed by atoms with Crippen molar-refractivity contribution in [3.8, 4) is 11.5 Å². The van der Waals surface area contributed by atoms with Gasteiger partial charge in [0.2, 0.25) is 11.0 Å². The van der Waals surface area contributed by atoms with Gasteiger partial charge in [-0.1, -0.05) is 39.4 Å². The summed E-state index contributed by atoms with van der Waals surface area (Å²) in [5, 5.41) is 14.8. The maximum Gasteiger partial charge on any atom is 0.251 e. The second-order valence-corrected chi connectivity index (χ2v) is 8.41. The molecule has 0 aliphatic carbocycles. The van der Waals surface area contributed by atoms with Gasteiger partial charge in [0, 0.05) is 23.0 Å². The van der Waals surface area contributed by atoms with Crippen LogP contribution in [0.2, 0.25) is 0 Å². The zero-order valence-electron chi connectivity index (χ0n) is 17.0. The van der Waals surface area contributed by atoms with Crippen molar-refractivity contribution in [2.24, 2.45) is 0 Å². The van der Waals surface area contributed by atoms with Crippen LogP contribution in [0, 0.1) is 0 Å². The molecular formula is C21H21BrN4O4S. The second kappa shape index (κ2) is 10.9. The Labute approximate surface area is 192 Å². The van der Waals surface area contributed by atoms with Gasteiger partial charge in [0.25, 0.3) is 5.91 Å². The average molecular weight is 505 g/mol. The number of carbonyl (C=O) groups excluding carboxylic acids is 2. The van der Waals surface area contributed by atoms with E-state index in [0.717, 1.165) is 15.0 Å². The number of benzene rings is 2. The first-order chi connectivity index (χ1) is 15.0. The molecule has 10 heteroatoms. The van der Waals surface area contributed by atoms with E-state index in [1.165, 1.54) is 11.3 Å². The molecule has 2 aromatic carbocycles. The van der Waals surface area contributed by atoms with E-state index in [9.17, 15) is 9.59 Å². The summed E-state index contributed by atoms with van der Waals surface area (Å²) in [7, 11) is 3.11. The fourth-order valence-electron chi connectivity index (χ4n) is 2.76. The van der Waals surface area contributed by atoms with Gasteiger partial charge in [0.1, 0.15) is 5.01 Å². The van der Waals surface area contributed by atoms with Gasteiger partial charge in [0.05, 0.1) is 20.6 Å². The van der Waals surface area contributed by atoms with Gasteiger partial charge in [-0.15, -0.1) is 10.2 Å². The SMILES string of the molecule is COc1ccc(CC(=O)Nc2nnc(CCNC(=O)c3cccc(Br)c3)s2)cc1OC. The molecule has 1 aromatic heterocycles. The van der Waals surface area contributed by atoms with E-state index in [1.54, 1.807) is 50.6 Å². The fraction of sp³-hybridized carbons (Fsp3) is 0.238. The van der Waals surface area contributed by atoms with Crippen molar-refractivity contribution < 1.29 is 19.1 Å². The lowest BCUT2D eigenvalue weighted by Crippen LogP contribution is -2.25. The van der Waals surface area contributed by atoms with Crippen molar-refractivity contribution in [1.82, 2.24) is 15.5 Å². The normalized spacial score (nSPS) is 10.4. The number of nitrogens with zero attached hydrogens (tertiary/aromatic N) is 2. The summed E-state index contributed by atoms with van der Waals surface area (Å²) in [6.07, 6.45) is 0.681. The Morgan fingerprint density at radius 3 is 2.61 bits per heavy atom. The molecule has 0 aliphatic heterocycles. The largest absolute Gasteiger partial charge is 0.493 e. The summed E-state index contributed by atoms with van der Waals surface area (Å²) in [5.41, 5.74) is 1.37. The number of anilines is 1. The molecule has 0 spiro atoms. The molecule has 0 saturated heterocycles. The number of amides is 2. The molecule has 0 aliphatic rings. The molecule has 8 nitrogen and oxygen atoms in total. The molecule has 2 amide bonds. The van der Waals surface area contributed by atoms with Gasteiger partial charge in [-0.25, -0.2) is 0 Å². The maximum atomic E-state index is 12.3. The highest BCUT2D eigenvalue weighted by Gasteiger charge is 2.12. The average Bonchev–Trinajstić information content (AvgIpc) is 3.20. The Hall–Kier alpha value is -2.98. The number of halogens is 1. The Balaban J connectivity index is 1.48. The summed E-state index contributed by atoms with van der Waals surface area (Å²) in [4.78, 5) is 24.5. The number of nitrogens with one attached hydrogen (secondary N) is 2. The number of aromatic nitrogens is 2. The topological polar surface area (TPSA) is 102 Å². The number of hydrogen-bond donors (Lipinski definition) is 2. The number of hydrogen-bond acceptors (Lipinski definition) is 7. The van der Waals surface area contributed by atoms with E-state index in [-0.39, 0.29) is 18.2 Å². The van der Waals surface area contributed by atoms with Crippen LogP contribution in [-0.4, -0.2) is 42.8 Å². The Morgan fingerprint density at radius 1 is 1.06 bits per heavy atom. The van der Waals surface area contributed by atoms with Crippen LogP contribution in [0.15, 0.2) is 46.9 Å². The number of carbonyl (C=O) groups is 2. The Bertz CT molecular complexity index is 1070. The van der Waals surface area contributed by atoms with Crippen LogP contribution in [0.5, 0.6) is 11.5 Å². The van der Waals surface area contributed by atoms with Gasteiger partial charge in [-0.2, -0.15) is 0 Å². The Morgan fingerprint density at radius 2 is 1.87 bits per heavy atom. The molecule has 0 saturated carbocycles. The van der Waals surface area contributed by atoms with Crippen LogP contribution >= 0.6 is 27.3 Å². The monoisotopic (exact) mass is 504 g/mol. The van der Waals surface area contributed by atoms with Crippen molar-refractivity contribution in [2.45, 2.75) is 12.8 Å². The second-order valence-electron chi connectivity index (χ2n) is 6.43. The highest BCUT2D eigenvalue weighted by atomic mass is 79.9. The van der Waals surface area contributed by atoms with E-state index in [0.29, 0.717) is 35.2 Å². The molecule has 0 bridgehead atoms. The third kappa shape index (κ3) is 6.50. The van der Waals surface area contributed by atoms with Crippen molar-refractivity contribution in [3.63, 3.8) is 0 Å². The molecule has 0 unspecified atom stereocenters. The lowest BCUT2D eigenvalue weighted by molar-refractivity contribution is -0.115. The quantitative estimate of drug-likeness (QED) is 0.462. The predicted octanol–water partition coefficient (Wildman–Crippen LogP) is 3.47. The van der Waals surface area contributed by atoms with E-state index in [2.05, 4.69) is 36.8 Å². The number of ether oxygens (including phenoxy) is 2. The minimum atomic E-state index is -0.210. The summed E-state index contributed by atoms with van der Waals surface area (Å²) in [6, 6.07) is 12.5. The summed E-state index contributed by atoms with van der Waals surface area (Å²) in [5.74, 6) is 0.801. The first-order valence-electron chi connectivity index (χ1n) is 9.35. The fourth-order valence-corrected chi connectivity index (χ4v) is 3.91. The molecule has 3 aromatic rings. The van der Waals surface area contributed by atoms with E-state index < -0.39 is 0 Å². The lowest BCUT2D eigenvalue weighted by atomic mass is 10.1. The first kappa shape index (κ1) is 22.7. The van der Waals surface area contributed by atoms with E-state index >= 15 is 0 Å². The van der Waals surface area contributed by atoms with Gasteiger partial charge >= 0.3 is 0 Å². The van der Waals surface area contributed by atoms with Crippen LogP contribution < -0.4 is 20.1 Å². The van der Waals surface area contributed by atoms with Crippen molar-refractivity contribution >= 4 is 44.2 Å². The van der Waals surface area contributed by atoms with Crippen LogP contribution in [0.4, 0.5) is 5.13 Å². The molecular weight excluding hydrogens is 484 g/mol. The van der Waals surface area contributed by atoms with E-state index in [1.807, 2.05) is 6.07 Å². The molecule has 0 atom stereocenters.